The summed E-state index contributed by atoms with van der Waals surface area (Å²) in [6.45, 7) is 1.95. The fraction of sp³-hybridized carbons (Fsp3) is 0.545. The molecule has 82 valence electrons. The van der Waals surface area contributed by atoms with E-state index in [1.807, 2.05) is 13.0 Å². The standard InChI is InChI=1S/C11H14O2S2/c1-8-10(6-7-13-8)14-15-11-5-3-2-4-9(11)12/h6-7,11H,2-5H2,1H3. The van der Waals surface area contributed by atoms with Crippen LogP contribution in [0.4, 0.5) is 0 Å². The van der Waals surface area contributed by atoms with Gasteiger partial charge < -0.3 is 4.42 Å². The van der Waals surface area contributed by atoms with E-state index in [4.69, 9.17) is 4.42 Å². The molecule has 0 aromatic carbocycles. The summed E-state index contributed by atoms with van der Waals surface area (Å²) in [5.74, 6) is 1.36. The molecule has 1 aromatic heterocycles. The van der Waals surface area contributed by atoms with Crippen LogP contribution in [0.1, 0.15) is 31.4 Å². The van der Waals surface area contributed by atoms with Gasteiger partial charge in [0, 0.05) is 6.42 Å². The Labute approximate surface area is 97.6 Å². The largest absolute Gasteiger partial charge is 0.468 e. The minimum absolute atomic E-state index is 0.193. The molecule has 1 saturated carbocycles. The first kappa shape index (κ1) is 11.1. The molecule has 0 amide bonds. The van der Waals surface area contributed by atoms with Crippen molar-refractivity contribution in [2.24, 2.45) is 0 Å². The second kappa shape index (κ2) is 5.12. The lowest BCUT2D eigenvalue weighted by atomic mass is 9.99. The number of hydrogen-bond donors (Lipinski definition) is 0. The third kappa shape index (κ3) is 2.82. The van der Waals surface area contributed by atoms with Gasteiger partial charge in [-0.1, -0.05) is 28.0 Å². The third-order valence-corrected chi connectivity index (χ3v) is 5.52. The Kier molecular flexibility index (Phi) is 3.81. The predicted molar refractivity (Wildman–Crippen MR) is 64.2 cm³/mol. The number of rotatable bonds is 3. The van der Waals surface area contributed by atoms with E-state index in [2.05, 4.69) is 0 Å². The molecule has 1 fully saturated rings. The first-order chi connectivity index (χ1) is 7.27. The molecule has 1 atom stereocenters. The molecule has 1 aliphatic carbocycles. The molecular formula is C11H14O2S2. The summed E-state index contributed by atoms with van der Waals surface area (Å²) in [7, 11) is 3.35. The maximum Gasteiger partial charge on any atom is 0.146 e. The zero-order valence-electron chi connectivity index (χ0n) is 8.69. The molecule has 0 spiro atoms. The number of aryl methyl sites for hydroxylation is 1. The number of ketones is 1. The lowest BCUT2D eigenvalue weighted by Gasteiger charge is -2.18. The van der Waals surface area contributed by atoms with Crippen LogP contribution in [-0.2, 0) is 4.79 Å². The summed E-state index contributed by atoms with van der Waals surface area (Å²) in [6, 6.07) is 1.96. The van der Waals surface area contributed by atoms with Crippen molar-refractivity contribution >= 4 is 27.4 Å². The van der Waals surface area contributed by atoms with Crippen molar-refractivity contribution in [1.29, 1.82) is 0 Å². The summed E-state index contributed by atoms with van der Waals surface area (Å²) < 4.78 is 5.21. The highest BCUT2D eigenvalue weighted by molar-refractivity contribution is 8.77. The lowest BCUT2D eigenvalue weighted by molar-refractivity contribution is -0.119. The van der Waals surface area contributed by atoms with Gasteiger partial charge in [0.15, 0.2) is 0 Å². The Morgan fingerprint density at radius 1 is 1.47 bits per heavy atom. The van der Waals surface area contributed by atoms with Crippen molar-refractivity contribution in [3.63, 3.8) is 0 Å². The maximum absolute atomic E-state index is 11.6. The average molecular weight is 242 g/mol. The number of hydrogen-bond acceptors (Lipinski definition) is 4. The number of furan rings is 1. The van der Waals surface area contributed by atoms with Gasteiger partial charge in [-0.25, -0.2) is 0 Å². The fourth-order valence-electron chi connectivity index (χ4n) is 1.62. The zero-order chi connectivity index (χ0) is 10.7. The van der Waals surface area contributed by atoms with E-state index < -0.39 is 0 Å². The van der Waals surface area contributed by atoms with Crippen LogP contribution < -0.4 is 0 Å². The van der Waals surface area contributed by atoms with Crippen molar-refractivity contribution < 1.29 is 9.21 Å². The molecular weight excluding hydrogens is 228 g/mol. The first-order valence-corrected chi connectivity index (χ1v) is 7.39. The molecule has 0 saturated heterocycles. The molecule has 4 heteroatoms. The summed E-state index contributed by atoms with van der Waals surface area (Å²) in [5, 5.41) is 0.193. The summed E-state index contributed by atoms with van der Waals surface area (Å²) in [6.07, 6.45) is 5.76. The van der Waals surface area contributed by atoms with Crippen LogP contribution in [0, 0.1) is 6.92 Å². The molecule has 2 nitrogen and oxygen atoms in total. The molecule has 1 unspecified atom stereocenters. The third-order valence-electron chi connectivity index (χ3n) is 2.56. The first-order valence-electron chi connectivity index (χ1n) is 5.17. The van der Waals surface area contributed by atoms with Gasteiger partial charge in [-0.15, -0.1) is 0 Å². The minimum Gasteiger partial charge on any atom is -0.468 e. The van der Waals surface area contributed by atoms with E-state index in [1.54, 1.807) is 27.9 Å². The van der Waals surface area contributed by atoms with Crippen LogP contribution in [0.25, 0.3) is 0 Å². The average Bonchev–Trinajstić information content (AvgIpc) is 2.63. The SMILES string of the molecule is Cc1occc1SSC1CCCCC1=O. The van der Waals surface area contributed by atoms with E-state index in [0.717, 1.165) is 29.9 Å². The van der Waals surface area contributed by atoms with Gasteiger partial charge in [-0.3, -0.25) is 4.79 Å². The zero-order valence-corrected chi connectivity index (χ0v) is 10.3. The van der Waals surface area contributed by atoms with Gasteiger partial charge in [-0.2, -0.15) is 0 Å². The predicted octanol–water partition coefficient (Wildman–Crippen LogP) is 3.84. The molecule has 0 N–H and O–H groups in total. The fourth-order valence-corrected chi connectivity index (χ4v) is 4.40. The van der Waals surface area contributed by atoms with Crippen molar-refractivity contribution in [2.75, 3.05) is 0 Å². The van der Waals surface area contributed by atoms with Crippen LogP contribution in [0.5, 0.6) is 0 Å². The van der Waals surface area contributed by atoms with E-state index >= 15 is 0 Å². The van der Waals surface area contributed by atoms with E-state index in [1.165, 1.54) is 6.42 Å². The number of carbonyl (C=O) groups excluding carboxylic acids is 1. The molecule has 1 aromatic rings. The Bertz CT molecular complexity index is 346. The summed E-state index contributed by atoms with van der Waals surface area (Å²) >= 11 is 0. The topological polar surface area (TPSA) is 30.2 Å². The number of carbonyl (C=O) groups is 1. The second-order valence-corrected chi connectivity index (χ2v) is 6.17. The normalized spacial score (nSPS) is 21.9. The van der Waals surface area contributed by atoms with Crippen LogP contribution in [0.15, 0.2) is 21.6 Å². The molecule has 0 radical (unpaired) electrons. The van der Waals surface area contributed by atoms with Crippen LogP contribution in [0.3, 0.4) is 0 Å². The Morgan fingerprint density at radius 2 is 2.33 bits per heavy atom. The van der Waals surface area contributed by atoms with Gasteiger partial charge >= 0.3 is 0 Å². The van der Waals surface area contributed by atoms with Crippen molar-refractivity contribution in [2.45, 2.75) is 42.8 Å². The van der Waals surface area contributed by atoms with E-state index in [-0.39, 0.29) is 5.25 Å². The molecule has 1 aliphatic rings. The highest BCUT2D eigenvalue weighted by Crippen LogP contribution is 2.40. The molecule has 2 rings (SSSR count). The van der Waals surface area contributed by atoms with Crippen molar-refractivity contribution in [1.82, 2.24) is 0 Å². The molecule has 0 bridgehead atoms. The smallest absolute Gasteiger partial charge is 0.146 e. The minimum atomic E-state index is 0.193. The molecule has 0 aliphatic heterocycles. The maximum atomic E-state index is 11.6. The monoisotopic (exact) mass is 242 g/mol. The Hall–Kier alpha value is -0.350. The van der Waals surface area contributed by atoms with Crippen molar-refractivity contribution in [3.8, 4) is 0 Å². The van der Waals surface area contributed by atoms with E-state index in [9.17, 15) is 4.79 Å². The van der Waals surface area contributed by atoms with Crippen LogP contribution >= 0.6 is 21.6 Å². The molecule has 15 heavy (non-hydrogen) atoms. The van der Waals surface area contributed by atoms with Crippen molar-refractivity contribution in [3.05, 3.63) is 18.1 Å². The van der Waals surface area contributed by atoms with Gasteiger partial charge in [0.2, 0.25) is 0 Å². The van der Waals surface area contributed by atoms with E-state index in [0.29, 0.717) is 5.78 Å². The second-order valence-electron chi connectivity index (χ2n) is 3.72. The molecule has 1 heterocycles. The lowest BCUT2D eigenvalue weighted by Crippen LogP contribution is -2.20. The van der Waals surface area contributed by atoms with Gasteiger partial charge in [-0.05, 0) is 25.8 Å². The quantitative estimate of drug-likeness (QED) is 0.753. The summed E-state index contributed by atoms with van der Waals surface area (Å²) in [4.78, 5) is 12.7. The Balaban J connectivity index is 1.87. The summed E-state index contributed by atoms with van der Waals surface area (Å²) in [5.41, 5.74) is 0. The van der Waals surface area contributed by atoms with Crippen LogP contribution in [0.2, 0.25) is 0 Å². The van der Waals surface area contributed by atoms with Crippen LogP contribution in [-0.4, -0.2) is 11.0 Å². The highest BCUT2D eigenvalue weighted by Gasteiger charge is 2.23. The van der Waals surface area contributed by atoms with Gasteiger partial charge in [0.05, 0.1) is 16.4 Å². The Morgan fingerprint density at radius 3 is 3.00 bits per heavy atom. The highest BCUT2D eigenvalue weighted by atomic mass is 33.1. The van der Waals surface area contributed by atoms with Gasteiger partial charge in [0.1, 0.15) is 11.5 Å². The van der Waals surface area contributed by atoms with Gasteiger partial charge in [0.25, 0.3) is 0 Å². The number of Topliss-reactive ketones (excluding diaryl/α,β-unsaturated/α-hetero) is 1.